The van der Waals surface area contributed by atoms with Crippen molar-refractivity contribution in [1.82, 2.24) is 0 Å². The molecular formula is C14H21ClFNO. The van der Waals surface area contributed by atoms with Crippen LogP contribution in [0.2, 0.25) is 5.02 Å². The molecule has 0 spiro atoms. The molecule has 0 fully saturated rings. The lowest BCUT2D eigenvalue weighted by molar-refractivity contribution is 0.0378. The molecule has 0 aromatic heterocycles. The summed E-state index contributed by atoms with van der Waals surface area (Å²) in [7, 11) is 0. The van der Waals surface area contributed by atoms with E-state index in [-0.39, 0.29) is 17.2 Å². The molecule has 4 heteroatoms. The SMILES string of the molecule is CCCC(OCC)C(N)Cc1cccc(F)c1Cl. The van der Waals surface area contributed by atoms with Crippen molar-refractivity contribution in [3.63, 3.8) is 0 Å². The molecule has 0 aliphatic carbocycles. The lowest BCUT2D eigenvalue weighted by Crippen LogP contribution is -2.38. The maximum atomic E-state index is 13.3. The van der Waals surface area contributed by atoms with Gasteiger partial charge in [0.15, 0.2) is 0 Å². The molecule has 0 radical (unpaired) electrons. The van der Waals surface area contributed by atoms with E-state index in [1.54, 1.807) is 12.1 Å². The topological polar surface area (TPSA) is 35.2 Å². The summed E-state index contributed by atoms with van der Waals surface area (Å²) in [5.74, 6) is -0.398. The Kier molecular flexibility index (Phi) is 6.61. The maximum absolute atomic E-state index is 13.3. The summed E-state index contributed by atoms with van der Waals surface area (Å²) in [6, 6.07) is 4.65. The summed E-state index contributed by atoms with van der Waals surface area (Å²) >= 11 is 5.92. The van der Waals surface area contributed by atoms with Crippen LogP contribution in [-0.4, -0.2) is 18.8 Å². The molecule has 0 saturated carbocycles. The van der Waals surface area contributed by atoms with Crippen molar-refractivity contribution in [3.8, 4) is 0 Å². The molecule has 0 aliphatic heterocycles. The van der Waals surface area contributed by atoms with E-state index in [4.69, 9.17) is 22.1 Å². The Morgan fingerprint density at radius 2 is 2.11 bits per heavy atom. The molecular weight excluding hydrogens is 253 g/mol. The normalized spacial score (nSPS) is 14.5. The highest BCUT2D eigenvalue weighted by Crippen LogP contribution is 2.22. The molecule has 102 valence electrons. The average molecular weight is 274 g/mol. The Morgan fingerprint density at radius 1 is 1.39 bits per heavy atom. The molecule has 2 N–H and O–H groups in total. The molecule has 0 bridgehead atoms. The van der Waals surface area contributed by atoms with Crippen LogP contribution >= 0.6 is 11.6 Å². The molecule has 1 aromatic rings. The van der Waals surface area contributed by atoms with Crippen molar-refractivity contribution in [2.24, 2.45) is 5.73 Å². The number of nitrogens with two attached hydrogens (primary N) is 1. The van der Waals surface area contributed by atoms with Gasteiger partial charge in [0.1, 0.15) is 5.82 Å². The fourth-order valence-electron chi connectivity index (χ4n) is 2.01. The predicted molar refractivity (Wildman–Crippen MR) is 73.4 cm³/mol. The van der Waals surface area contributed by atoms with E-state index in [1.165, 1.54) is 6.07 Å². The molecule has 0 heterocycles. The van der Waals surface area contributed by atoms with E-state index in [1.807, 2.05) is 6.92 Å². The van der Waals surface area contributed by atoms with Gasteiger partial charge in [-0.15, -0.1) is 0 Å². The van der Waals surface area contributed by atoms with E-state index in [2.05, 4.69) is 6.92 Å². The van der Waals surface area contributed by atoms with E-state index in [9.17, 15) is 4.39 Å². The van der Waals surface area contributed by atoms with E-state index < -0.39 is 5.82 Å². The molecule has 0 amide bonds. The number of halogens is 2. The van der Waals surface area contributed by atoms with Crippen LogP contribution in [0.5, 0.6) is 0 Å². The number of benzene rings is 1. The molecule has 2 atom stereocenters. The van der Waals surface area contributed by atoms with Crippen molar-refractivity contribution in [3.05, 3.63) is 34.6 Å². The summed E-state index contributed by atoms with van der Waals surface area (Å²) in [6.45, 7) is 4.67. The standard InChI is InChI=1S/C14H21ClFNO/c1-3-6-13(18-4-2)12(17)9-10-7-5-8-11(16)14(10)15/h5,7-8,12-13H,3-4,6,9,17H2,1-2H3. The van der Waals surface area contributed by atoms with Crippen LogP contribution in [0.3, 0.4) is 0 Å². The lowest BCUT2D eigenvalue weighted by Gasteiger charge is -2.24. The van der Waals surface area contributed by atoms with Gasteiger partial charge >= 0.3 is 0 Å². The summed E-state index contributed by atoms with van der Waals surface area (Å²) < 4.78 is 18.9. The summed E-state index contributed by atoms with van der Waals surface area (Å²) in [4.78, 5) is 0. The van der Waals surface area contributed by atoms with E-state index >= 15 is 0 Å². The van der Waals surface area contributed by atoms with Crippen molar-refractivity contribution in [2.75, 3.05) is 6.61 Å². The van der Waals surface area contributed by atoms with Gasteiger partial charge in [0, 0.05) is 12.6 Å². The van der Waals surface area contributed by atoms with Gasteiger partial charge < -0.3 is 10.5 Å². The first-order valence-electron chi connectivity index (χ1n) is 6.40. The molecule has 2 nitrogen and oxygen atoms in total. The Balaban J connectivity index is 2.72. The Labute approximate surface area is 113 Å². The second kappa shape index (κ2) is 7.72. The highest BCUT2D eigenvalue weighted by atomic mass is 35.5. The van der Waals surface area contributed by atoms with Crippen LogP contribution in [0.1, 0.15) is 32.3 Å². The monoisotopic (exact) mass is 273 g/mol. The van der Waals surface area contributed by atoms with Crippen LogP contribution in [-0.2, 0) is 11.2 Å². The van der Waals surface area contributed by atoms with Crippen molar-refractivity contribution in [1.29, 1.82) is 0 Å². The number of rotatable bonds is 7. The van der Waals surface area contributed by atoms with Crippen LogP contribution in [0.4, 0.5) is 4.39 Å². The molecule has 0 aliphatic rings. The Bertz CT molecular complexity index is 367. The van der Waals surface area contributed by atoms with Gasteiger partial charge in [0.25, 0.3) is 0 Å². The first-order valence-corrected chi connectivity index (χ1v) is 6.78. The minimum Gasteiger partial charge on any atom is -0.377 e. The van der Waals surface area contributed by atoms with Crippen molar-refractivity contribution >= 4 is 11.6 Å². The van der Waals surface area contributed by atoms with Gasteiger partial charge in [-0.2, -0.15) is 0 Å². The number of hydrogen-bond donors (Lipinski definition) is 1. The van der Waals surface area contributed by atoms with Crippen molar-refractivity contribution < 1.29 is 9.13 Å². The first-order chi connectivity index (χ1) is 8.60. The third kappa shape index (κ3) is 4.23. The van der Waals surface area contributed by atoms with Crippen LogP contribution in [0.15, 0.2) is 18.2 Å². The highest BCUT2D eigenvalue weighted by Gasteiger charge is 2.19. The first kappa shape index (κ1) is 15.4. The molecule has 2 unspecified atom stereocenters. The Morgan fingerprint density at radius 3 is 2.72 bits per heavy atom. The van der Waals surface area contributed by atoms with Crippen LogP contribution in [0, 0.1) is 5.82 Å². The van der Waals surface area contributed by atoms with Gasteiger partial charge in [0.2, 0.25) is 0 Å². The predicted octanol–water partition coefficient (Wildman–Crippen LogP) is 3.55. The lowest BCUT2D eigenvalue weighted by atomic mass is 9.99. The van der Waals surface area contributed by atoms with Crippen LogP contribution in [0.25, 0.3) is 0 Å². The molecule has 1 aromatic carbocycles. The van der Waals surface area contributed by atoms with E-state index in [0.29, 0.717) is 13.0 Å². The van der Waals surface area contributed by atoms with Gasteiger partial charge in [-0.3, -0.25) is 0 Å². The van der Waals surface area contributed by atoms with Gasteiger partial charge in [-0.05, 0) is 31.4 Å². The highest BCUT2D eigenvalue weighted by molar-refractivity contribution is 6.31. The fourth-order valence-corrected chi connectivity index (χ4v) is 2.21. The number of hydrogen-bond acceptors (Lipinski definition) is 2. The second-order valence-corrected chi connectivity index (χ2v) is 4.74. The van der Waals surface area contributed by atoms with Crippen LogP contribution < -0.4 is 5.73 Å². The van der Waals surface area contributed by atoms with Crippen molar-refractivity contribution in [2.45, 2.75) is 45.3 Å². The molecule has 0 saturated heterocycles. The zero-order valence-corrected chi connectivity index (χ0v) is 11.7. The average Bonchev–Trinajstić information content (AvgIpc) is 2.34. The zero-order valence-electron chi connectivity index (χ0n) is 11.0. The fraction of sp³-hybridized carbons (Fsp3) is 0.571. The molecule has 18 heavy (non-hydrogen) atoms. The summed E-state index contributed by atoms with van der Waals surface area (Å²) in [5.41, 5.74) is 6.88. The smallest absolute Gasteiger partial charge is 0.142 e. The summed E-state index contributed by atoms with van der Waals surface area (Å²) in [6.07, 6.45) is 2.44. The van der Waals surface area contributed by atoms with Gasteiger partial charge in [0.05, 0.1) is 11.1 Å². The minimum absolute atomic E-state index is 0.000617. The summed E-state index contributed by atoms with van der Waals surface area (Å²) in [5, 5.41) is 0.166. The third-order valence-corrected chi connectivity index (χ3v) is 3.34. The van der Waals surface area contributed by atoms with Gasteiger partial charge in [-0.1, -0.05) is 37.1 Å². The zero-order chi connectivity index (χ0) is 13.5. The second-order valence-electron chi connectivity index (χ2n) is 4.36. The number of ether oxygens (including phenoxy) is 1. The minimum atomic E-state index is -0.398. The van der Waals surface area contributed by atoms with Gasteiger partial charge in [-0.25, -0.2) is 4.39 Å². The third-order valence-electron chi connectivity index (χ3n) is 2.92. The maximum Gasteiger partial charge on any atom is 0.142 e. The van der Waals surface area contributed by atoms with E-state index in [0.717, 1.165) is 18.4 Å². The largest absolute Gasteiger partial charge is 0.377 e. The quantitative estimate of drug-likeness (QED) is 0.824. The molecule has 1 rings (SSSR count). The Hall–Kier alpha value is -0.640.